The molecule has 1 aromatic rings. The van der Waals surface area contributed by atoms with E-state index in [4.69, 9.17) is 4.74 Å². The smallest absolute Gasteiger partial charge is 0.271 e. The SMILES string of the molecule is O=C(NCC1CCCOC1)c1ccc(=O)[nH]n1. The molecule has 1 saturated heterocycles. The molecule has 2 heterocycles. The average molecular weight is 237 g/mol. The van der Waals surface area contributed by atoms with Gasteiger partial charge in [0.05, 0.1) is 6.61 Å². The molecule has 6 nitrogen and oxygen atoms in total. The van der Waals surface area contributed by atoms with Crippen LogP contribution in [0.3, 0.4) is 0 Å². The van der Waals surface area contributed by atoms with Crippen LogP contribution in [-0.2, 0) is 4.74 Å². The fourth-order valence-electron chi connectivity index (χ4n) is 1.77. The van der Waals surface area contributed by atoms with E-state index in [0.29, 0.717) is 19.1 Å². The molecule has 0 saturated carbocycles. The number of nitrogens with one attached hydrogen (secondary N) is 2. The zero-order valence-corrected chi connectivity index (χ0v) is 9.44. The topological polar surface area (TPSA) is 84.1 Å². The molecular formula is C11H15N3O3. The van der Waals surface area contributed by atoms with Gasteiger partial charge >= 0.3 is 0 Å². The maximum absolute atomic E-state index is 11.7. The quantitative estimate of drug-likeness (QED) is 0.770. The van der Waals surface area contributed by atoms with E-state index in [0.717, 1.165) is 19.4 Å². The predicted molar refractivity (Wildman–Crippen MR) is 60.7 cm³/mol. The van der Waals surface area contributed by atoms with E-state index in [2.05, 4.69) is 15.5 Å². The van der Waals surface area contributed by atoms with Gasteiger partial charge in [-0.2, -0.15) is 5.10 Å². The molecule has 0 bridgehead atoms. The molecule has 2 rings (SSSR count). The molecule has 1 unspecified atom stereocenters. The van der Waals surface area contributed by atoms with Gasteiger partial charge in [0.15, 0.2) is 0 Å². The molecule has 1 aliphatic rings. The van der Waals surface area contributed by atoms with Gasteiger partial charge in [-0.05, 0) is 24.8 Å². The summed E-state index contributed by atoms with van der Waals surface area (Å²) in [6.07, 6.45) is 2.11. The largest absolute Gasteiger partial charge is 0.381 e. The Kier molecular flexibility index (Phi) is 3.87. The van der Waals surface area contributed by atoms with Crippen LogP contribution in [0.15, 0.2) is 16.9 Å². The number of carbonyl (C=O) groups is 1. The molecule has 92 valence electrons. The summed E-state index contributed by atoms with van der Waals surface area (Å²) in [6, 6.07) is 2.69. The van der Waals surface area contributed by atoms with Crippen LogP contribution in [0.2, 0.25) is 0 Å². The minimum atomic E-state index is -0.317. The normalized spacial score (nSPS) is 19.9. The number of carbonyl (C=O) groups excluding carboxylic acids is 1. The van der Waals surface area contributed by atoms with Crippen LogP contribution in [0.25, 0.3) is 0 Å². The van der Waals surface area contributed by atoms with Crippen molar-refractivity contribution in [3.05, 3.63) is 28.2 Å². The van der Waals surface area contributed by atoms with Crippen molar-refractivity contribution in [2.75, 3.05) is 19.8 Å². The summed E-state index contributed by atoms with van der Waals surface area (Å²) in [5, 5.41) is 8.67. The zero-order chi connectivity index (χ0) is 12.1. The van der Waals surface area contributed by atoms with Gasteiger partial charge in [-0.3, -0.25) is 9.59 Å². The van der Waals surface area contributed by atoms with Crippen molar-refractivity contribution < 1.29 is 9.53 Å². The van der Waals surface area contributed by atoms with Gasteiger partial charge in [0.25, 0.3) is 11.5 Å². The molecule has 1 aromatic heterocycles. The lowest BCUT2D eigenvalue weighted by atomic mass is 10.0. The lowest BCUT2D eigenvalue weighted by molar-refractivity contribution is 0.0535. The third-order valence-electron chi connectivity index (χ3n) is 2.72. The Morgan fingerprint density at radius 3 is 3.12 bits per heavy atom. The molecule has 1 fully saturated rings. The fraction of sp³-hybridized carbons (Fsp3) is 0.545. The van der Waals surface area contributed by atoms with Crippen molar-refractivity contribution in [2.24, 2.45) is 5.92 Å². The fourth-order valence-corrected chi connectivity index (χ4v) is 1.77. The van der Waals surface area contributed by atoms with E-state index in [-0.39, 0.29) is 17.2 Å². The number of ether oxygens (including phenoxy) is 1. The van der Waals surface area contributed by atoms with Crippen LogP contribution in [0.1, 0.15) is 23.3 Å². The summed E-state index contributed by atoms with van der Waals surface area (Å²) >= 11 is 0. The minimum absolute atomic E-state index is 0.223. The van der Waals surface area contributed by atoms with Crippen molar-refractivity contribution in [2.45, 2.75) is 12.8 Å². The Morgan fingerprint density at radius 2 is 2.47 bits per heavy atom. The highest BCUT2D eigenvalue weighted by Gasteiger charge is 2.15. The third kappa shape index (κ3) is 3.39. The zero-order valence-electron chi connectivity index (χ0n) is 9.44. The van der Waals surface area contributed by atoms with E-state index in [1.54, 1.807) is 0 Å². The van der Waals surface area contributed by atoms with Crippen LogP contribution >= 0.6 is 0 Å². The van der Waals surface area contributed by atoms with Gasteiger partial charge in [0.1, 0.15) is 5.69 Å². The van der Waals surface area contributed by atoms with E-state index < -0.39 is 0 Å². The molecule has 1 aliphatic heterocycles. The summed E-state index contributed by atoms with van der Waals surface area (Å²) in [6.45, 7) is 2.09. The lowest BCUT2D eigenvalue weighted by Gasteiger charge is -2.21. The van der Waals surface area contributed by atoms with Crippen LogP contribution < -0.4 is 10.9 Å². The van der Waals surface area contributed by atoms with Crippen LogP contribution in [-0.4, -0.2) is 35.9 Å². The molecule has 0 aliphatic carbocycles. The minimum Gasteiger partial charge on any atom is -0.381 e. The number of aromatic nitrogens is 2. The summed E-state index contributed by atoms with van der Waals surface area (Å²) < 4.78 is 5.32. The second-order valence-electron chi connectivity index (χ2n) is 4.10. The van der Waals surface area contributed by atoms with E-state index in [1.807, 2.05) is 0 Å². The van der Waals surface area contributed by atoms with Gasteiger partial charge in [-0.1, -0.05) is 0 Å². The molecular weight excluding hydrogens is 222 g/mol. The van der Waals surface area contributed by atoms with Crippen molar-refractivity contribution in [1.29, 1.82) is 0 Å². The maximum atomic E-state index is 11.7. The number of amides is 1. The monoisotopic (exact) mass is 237 g/mol. The Labute approximate surface area is 98.4 Å². The van der Waals surface area contributed by atoms with Gasteiger partial charge in [0, 0.05) is 19.2 Å². The summed E-state index contributed by atoms with van der Waals surface area (Å²) in [7, 11) is 0. The highest BCUT2D eigenvalue weighted by atomic mass is 16.5. The second kappa shape index (κ2) is 5.58. The standard InChI is InChI=1S/C11H15N3O3/c15-10-4-3-9(13-14-10)11(16)12-6-8-2-1-5-17-7-8/h3-4,8H,1-2,5-7H2,(H,12,16)(H,14,15). The summed E-state index contributed by atoms with van der Waals surface area (Å²) in [4.78, 5) is 22.4. The first-order chi connectivity index (χ1) is 8.25. The summed E-state index contributed by atoms with van der Waals surface area (Å²) in [5.41, 5.74) is -0.0939. The Balaban J connectivity index is 1.84. The lowest BCUT2D eigenvalue weighted by Crippen LogP contribution is -2.34. The molecule has 1 amide bonds. The Morgan fingerprint density at radius 1 is 1.59 bits per heavy atom. The van der Waals surface area contributed by atoms with Gasteiger partial charge < -0.3 is 10.1 Å². The van der Waals surface area contributed by atoms with E-state index in [1.165, 1.54) is 12.1 Å². The maximum Gasteiger partial charge on any atom is 0.271 e. The van der Waals surface area contributed by atoms with Gasteiger partial charge in [-0.15, -0.1) is 0 Å². The highest BCUT2D eigenvalue weighted by molar-refractivity contribution is 5.91. The predicted octanol–water partition coefficient (Wildman–Crippen LogP) is -0.0737. The molecule has 6 heteroatoms. The Bertz CT molecular complexity index is 417. The first kappa shape index (κ1) is 11.8. The molecule has 0 aromatic carbocycles. The molecule has 1 atom stereocenters. The first-order valence-corrected chi connectivity index (χ1v) is 5.67. The Hall–Kier alpha value is -1.69. The number of rotatable bonds is 3. The molecule has 2 N–H and O–H groups in total. The van der Waals surface area contributed by atoms with Crippen molar-refractivity contribution in [3.8, 4) is 0 Å². The van der Waals surface area contributed by atoms with Crippen molar-refractivity contribution in [1.82, 2.24) is 15.5 Å². The third-order valence-corrected chi connectivity index (χ3v) is 2.72. The molecule has 17 heavy (non-hydrogen) atoms. The second-order valence-corrected chi connectivity index (χ2v) is 4.10. The van der Waals surface area contributed by atoms with Crippen molar-refractivity contribution >= 4 is 5.91 Å². The number of nitrogens with zero attached hydrogens (tertiary/aromatic N) is 1. The highest BCUT2D eigenvalue weighted by Crippen LogP contribution is 2.12. The number of hydrogen-bond donors (Lipinski definition) is 2. The molecule has 0 spiro atoms. The van der Waals surface area contributed by atoms with E-state index >= 15 is 0 Å². The average Bonchev–Trinajstić information content (AvgIpc) is 2.38. The van der Waals surface area contributed by atoms with Crippen molar-refractivity contribution in [3.63, 3.8) is 0 Å². The van der Waals surface area contributed by atoms with Gasteiger partial charge in [-0.25, -0.2) is 5.10 Å². The first-order valence-electron chi connectivity index (χ1n) is 5.67. The molecule has 0 radical (unpaired) electrons. The van der Waals surface area contributed by atoms with Crippen LogP contribution in [0.5, 0.6) is 0 Å². The van der Waals surface area contributed by atoms with Gasteiger partial charge in [0.2, 0.25) is 0 Å². The van der Waals surface area contributed by atoms with E-state index in [9.17, 15) is 9.59 Å². The van der Waals surface area contributed by atoms with Crippen LogP contribution in [0.4, 0.5) is 0 Å². The number of aromatic amines is 1. The number of H-pyrrole nitrogens is 1. The summed E-state index contributed by atoms with van der Waals surface area (Å²) in [5.74, 6) is 0.0993. The number of hydrogen-bond acceptors (Lipinski definition) is 4. The van der Waals surface area contributed by atoms with Crippen LogP contribution in [0, 0.1) is 5.92 Å².